The van der Waals surface area contributed by atoms with E-state index in [1.165, 1.54) is 11.3 Å². The molecule has 28 heavy (non-hydrogen) atoms. The number of amides is 1. The molecule has 0 saturated carbocycles. The van der Waals surface area contributed by atoms with E-state index in [-0.39, 0.29) is 11.9 Å². The van der Waals surface area contributed by atoms with Gasteiger partial charge < -0.3 is 10.6 Å². The molecule has 0 aliphatic carbocycles. The highest BCUT2D eigenvalue weighted by atomic mass is 32.1. The van der Waals surface area contributed by atoms with Crippen molar-refractivity contribution >= 4 is 23.1 Å². The third kappa shape index (κ3) is 4.02. The molecule has 1 aliphatic rings. The lowest BCUT2D eigenvalue weighted by atomic mass is 10.2. The maximum atomic E-state index is 12.9. The number of carbonyl (C=O) groups is 1. The Morgan fingerprint density at radius 1 is 1.29 bits per heavy atom. The van der Waals surface area contributed by atoms with Crippen LogP contribution in [0.2, 0.25) is 0 Å². The van der Waals surface area contributed by atoms with E-state index in [1.54, 1.807) is 12.3 Å². The molecule has 0 radical (unpaired) electrons. The monoisotopic (exact) mass is 394 g/mol. The van der Waals surface area contributed by atoms with Crippen molar-refractivity contribution in [3.05, 3.63) is 59.5 Å². The number of aromatic nitrogens is 3. The quantitative estimate of drug-likeness (QED) is 0.715. The fraction of sp³-hybridized carbons (Fsp3) is 0.300. The van der Waals surface area contributed by atoms with Crippen LogP contribution in [0.4, 0.5) is 5.82 Å². The number of anilines is 1. The zero-order valence-electron chi connectivity index (χ0n) is 15.7. The third-order valence-corrected chi connectivity index (χ3v) is 5.83. The van der Waals surface area contributed by atoms with Gasteiger partial charge in [0.05, 0.1) is 6.54 Å². The number of nitrogens with zero attached hydrogens (tertiary/aromatic N) is 5. The zero-order chi connectivity index (χ0) is 19.5. The number of hydrogen-bond acceptors (Lipinski definition) is 7. The van der Waals surface area contributed by atoms with Gasteiger partial charge in [0.15, 0.2) is 0 Å². The van der Waals surface area contributed by atoms with Crippen LogP contribution in [0.25, 0.3) is 10.6 Å². The standard InChI is InChI=1S/C20H22N6OS/c1-25(12-18-22-9-7-17(21)24-18)15-8-10-26(11-15)20(27)16-13-28-19(23-16)14-5-3-2-4-6-14/h2-7,9,13,15H,8,10-12H2,1H3,(H2,21,22,24)/t15-/m1/s1. The first-order valence-corrected chi connectivity index (χ1v) is 10.1. The van der Waals surface area contributed by atoms with Crippen molar-refractivity contribution in [2.45, 2.75) is 19.0 Å². The maximum absolute atomic E-state index is 12.9. The van der Waals surface area contributed by atoms with Crippen molar-refractivity contribution in [1.82, 2.24) is 24.8 Å². The Morgan fingerprint density at radius 3 is 2.89 bits per heavy atom. The molecule has 0 bridgehead atoms. The van der Waals surface area contributed by atoms with Crippen LogP contribution in [0.5, 0.6) is 0 Å². The normalized spacial score (nSPS) is 16.6. The number of likely N-dealkylation sites (N-methyl/N-ethyl adjacent to an activating group) is 1. The first kappa shape index (κ1) is 18.5. The van der Waals surface area contributed by atoms with Gasteiger partial charge in [-0.15, -0.1) is 11.3 Å². The number of likely N-dealkylation sites (tertiary alicyclic amines) is 1. The summed E-state index contributed by atoms with van der Waals surface area (Å²) in [6.45, 7) is 2.01. The third-order valence-electron chi connectivity index (χ3n) is 4.94. The van der Waals surface area contributed by atoms with Crippen LogP contribution in [-0.2, 0) is 6.54 Å². The van der Waals surface area contributed by atoms with Crippen LogP contribution in [0.3, 0.4) is 0 Å². The highest BCUT2D eigenvalue weighted by Crippen LogP contribution is 2.25. The maximum Gasteiger partial charge on any atom is 0.273 e. The average Bonchev–Trinajstić information content (AvgIpc) is 3.38. The second kappa shape index (κ2) is 8.04. The molecule has 1 fully saturated rings. The van der Waals surface area contributed by atoms with Crippen molar-refractivity contribution in [3.63, 3.8) is 0 Å². The Balaban J connectivity index is 1.38. The van der Waals surface area contributed by atoms with Gasteiger partial charge in [-0.1, -0.05) is 30.3 Å². The largest absolute Gasteiger partial charge is 0.384 e. The number of rotatable bonds is 5. The van der Waals surface area contributed by atoms with Gasteiger partial charge in [-0.2, -0.15) is 0 Å². The van der Waals surface area contributed by atoms with Crippen LogP contribution >= 0.6 is 11.3 Å². The molecule has 2 aromatic heterocycles. The molecular weight excluding hydrogens is 372 g/mol. The van der Waals surface area contributed by atoms with E-state index in [4.69, 9.17) is 5.73 Å². The summed E-state index contributed by atoms with van der Waals surface area (Å²) in [4.78, 5) is 30.0. The van der Waals surface area contributed by atoms with Gasteiger partial charge >= 0.3 is 0 Å². The van der Waals surface area contributed by atoms with Crippen molar-refractivity contribution in [1.29, 1.82) is 0 Å². The molecule has 144 valence electrons. The SMILES string of the molecule is CN(Cc1nccc(N)n1)[C@@H]1CCN(C(=O)c2csc(-c3ccccc3)n2)C1. The molecule has 7 nitrogen and oxygen atoms in total. The van der Waals surface area contributed by atoms with Crippen LogP contribution in [-0.4, -0.2) is 56.8 Å². The number of carbonyl (C=O) groups excluding carboxylic acids is 1. The molecule has 3 aromatic rings. The zero-order valence-corrected chi connectivity index (χ0v) is 16.5. The summed E-state index contributed by atoms with van der Waals surface area (Å²) < 4.78 is 0. The number of nitrogen functional groups attached to an aromatic ring is 1. The van der Waals surface area contributed by atoms with Crippen molar-refractivity contribution in [3.8, 4) is 10.6 Å². The van der Waals surface area contributed by atoms with Gasteiger partial charge in [-0.25, -0.2) is 15.0 Å². The minimum atomic E-state index is -0.00506. The highest BCUT2D eigenvalue weighted by molar-refractivity contribution is 7.13. The molecule has 1 amide bonds. The Labute approximate surface area is 167 Å². The Bertz CT molecular complexity index is 960. The Kier molecular flexibility index (Phi) is 5.31. The van der Waals surface area contributed by atoms with Gasteiger partial charge in [-0.3, -0.25) is 9.69 Å². The van der Waals surface area contributed by atoms with Crippen molar-refractivity contribution < 1.29 is 4.79 Å². The number of thiazole rings is 1. The summed E-state index contributed by atoms with van der Waals surface area (Å²) in [5.74, 6) is 1.16. The first-order chi connectivity index (χ1) is 13.6. The second-order valence-electron chi connectivity index (χ2n) is 6.91. The molecule has 3 heterocycles. The molecule has 1 atom stereocenters. The molecule has 2 N–H and O–H groups in total. The predicted molar refractivity (Wildman–Crippen MR) is 110 cm³/mol. The van der Waals surface area contributed by atoms with Gasteiger partial charge in [0.2, 0.25) is 0 Å². The minimum absolute atomic E-state index is 0.00506. The molecule has 4 rings (SSSR count). The molecule has 1 saturated heterocycles. The second-order valence-corrected chi connectivity index (χ2v) is 7.77. The lowest BCUT2D eigenvalue weighted by Crippen LogP contribution is -2.36. The van der Waals surface area contributed by atoms with Gasteiger partial charge in [0.25, 0.3) is 5.91 Å². The van der Waals surface area contributed by atoms with E-state index in [0.29, 0.717) is 30.4 Å². The van der Waals surface area contributed by atoms with E-state index in [1.807, 2.05) is 47.7 Å². The first-order valence-electron chi connectivity index (χ1n) is 9.18. The summed E-state index contributed by atoms with van der Waals surface area (Å²) in [7, 11) is 2.03. The van der Waals surface area contributed by atoms with Crippen LogP contribution in [0.15, 0.2) is 48.0 Å². The van der Waals surface area contributed by atoms with Gasteiger partial charge in [-0.05, 0) is 19.5 Å². The van der Waals surface area contributed by atoms with Gasteiger partial charge in [0.1, 0.15) is 22.3 Å². The summed E-state index contributed by atoms with van der Waals surface area (Å²) in [6.07, 6.45) is 2.59. The van der Waals surface area contributed by atoms with Crippen LogP contribution in [0.1, 0.15) is 22.7 Å². The molecule has 1 aliphatic heterocycles. The Morgan fingerprint density at radius 2 is 2.11 bits per heavy atom. The van der Waals surface area contributed by atoms with E-state index >= 15 is 0 Å². The van der Waals surface area contributed by atoms with Gasteiger partial charge in [0, 0.05) is 36.3 Å². The molecule has 8 heteroatoms. The van der Waals surface area contributed by atoms with Crippen LogP contribution < -0.4 is 5.73 Å². The molecular formula is C20H22N6OS. The minimum Gasteiger partial charge on any atom is -0.384 e. The number of hydrogen-bond donors (Lipinski definition) is 1. The summed E-state index contributed by atoms with van der Waals surface area (Å²) in [5.41, 5.74) is 7.28. The number of nitrogens with two attached hydrogens (primary N) is 1. The fourth-order valence-electron chi connectivity index (χ4n) is 3.38. The summed E-state index contributed by atoms with van der Waals surface area (Å²) in [6, 6.07) is 11.9. The summed E-state index contributed by atoms with van der Waals surface area (Å²) in [5, 5.41) is 2.72. The highest BCUT2D eigenvalue weighted by Gasteiger charge is 2.30. The number of benzene rings is 1. The summed E-state index contributed by atoms with van der Waals surface area (Å²) >= 11 is 1.50. The van der Waals surface area contributed by atoms with Crippen molar-refractivity contribution in [2.75, 3.05) is 25.9 Å². The van der Waals surface area contributed by atoms with E-state index < -0.39 is 0 Å². The topological polar surface area (TPSA) is 88.2 Å². The Hall–Kier alpha value is -2.84. The van der Waals surface area contributed by atoms with E-state index in [2.05, 4.69) is 19.9 Å². The predicted octanol–water partition coefficient (Wildman–Crippen LogP) is 2.53. The van der Waals surface area contributed by atoms with Crippen molar-refractivity contribution in [2.24, 2.45) is 0 Å². The average molecular weight is 395 g/mol. The lowest BCUT2D eigenvalue weighted by Gasteiger charge is -2.23. The molecule has 0 spiro atoms. The lowest BCUT2D eigenvalue weighted by molar-refractivity contribution is 0.0774. The smallest absolute Gasteiger partial charge is 0.273 e. The van der Waals surface area contributed by atoms with Crippen LogP contribution in [0, 0.1) is 0 Å². The van der Waals surface area contributed by atoms with E-state index in [0.717, 1.165) is 23.5 Å². The molecule has 1 aromatic carbocycles. The fourth-order valence-corrected chi connectivity index (χ4v) is 4.18. The molecule has 0 unspecified atom stereocenters. The van der Waals surface area contributed by atoms with E-state index in [9.17, 15) is 4.79 Å².